The van der Waals surface area contributed by atoms with Crippen LogP contribution in [0.4, 0.5) is 5.69 Å². The molecule has 0 bridgehead atoms. The summed E-state index contributed by atoms with van der Waals surface area (Å²) >= 11 is 0. The fourth-order valence-corrected chi connectivity index (χ4v) is 4.29. The molecule has 0 unspecified atom stereocenters. The van der Waals surface area contributed by atoms with Crippen LogP contribution in [0.5, 0.6) is 0 Å². The van der Waals surface area contributed by atoms with Gasteiger partial charge in [-0.1, -0.05) is 103 Å². The molecule has 2 N–H and O–H groups in total. The van der Waals surface area contributed by atoms with Gasteiger partial charge in [-0.3, -0.25) is 19.3 Å². The molecule has 4 aromatic carbocycles. The minimum Gasteiger partial charge on any atom is -0.481 e. The van der Waals surface area contributed by atoms with Crippen molar-refractivity contribution in [2.24, 2.45) is 10.2 Å². The molecule has 4 rings (SSSR count). The highest BCUT2D eigenvalue weighted by Crippen LogP contribution is 2.26. The third-order valence-corrected chi connectivity index (χ3v) is 6.53. The Labute approximate surface area is 250 Å². The van der Waals surface area contributed by atoms with Gasteiger partial charge in [-0.15, -0.1) is 10.2 Å². The first-order chi connectivity index (χ1) is 21.0. The SMILES string of the molecule is CO/C(NCc1ccccc1)=C(\N=Nc1cccc(C)c1C(=O)N(C=O)Cc1ccccc1)C(=O)NCc1ccccc1. The van der Waals surface area contributed by atoms with E-state index in [1.165, 1.54) is 7.11 Å². The van der Waals surface area contributed by atoms with Gasteiger partial charge >= 0.3 is 0 Å². The number of benzene rings is 4. The minimum atomic E-state index is -0.529. The molecule has 43 heavy (non-hydrogen) atoms. The average Bonchev–Trinajstić information content (AvgIpc) is 3.05. The van der Waals surface area contributed by atoms with Crippen LogP contribution in [0.25, 0.3) is 0 Å². The fourth-order valence-electron chi connectivity index (χ4n) is 4.29. The molecule has 0 aromatic heterocycles. The minimum absolute atomic E-state index is 0.0956. The molecule has 3 amide bonds. The number of azo groups is 1. The number of methoxy groups -OCH3 is 1. The molecule has 9 nitrogen and oxygen atoms in total. The summed E-state index contributed by atoms with van der Waals surface area (Å²) in [6, 6.07) is 33.4. The smallest absolute Gasteiger partial charge is 0.277 e. The summed E-state index contributed by atoms with van der Waals surface area (Å²) in [5.41, 5.74) is 3.58. The highest BCUT2D eigenvalue weighted by atomic mass is 16.5. The summed E-state index contributed by atoms with van der Waals surface area (Å²) in [5.74, 6) is -0.944. The van der Waals surface area contributed by atoms with E-state index in [1.54, 1.807) is 25.1 Å². The first-order valence-corrected chi connectivity index (χ1v) is 13.7. The lowest BCUT2D eigenvalue weighted by Gasteiger charge is -2.18. The molecule has 0 saturated heterocycles. The summed E-state index contributed by atoms with van der Waals surface area (Å²) in [4.78, 5) is 40.1. The number of hydrogen-bond donors (Lipinski definition) is 2. The maximum Gasteiger partial charge on any atom is 0.277 e. The Kier molecular flexibility index (Phi) is 10.9. The van der Waals surface area contributed by atoms with Crippen LogP contribution < -0.4 is 10.6 Å². The van der Waals surface area contributed by atoms with Crippen LogP contribution in [-0.2, 0) is 34.0 Å². The molecule has 0 atom stereocenters. The van der Waals surface area contributed by atoms with Crippen LogP contribution in [0.2, 0.25) is 0 Å². The maximum absolute atomic E-state index is 13.6. The van der Waals surface area contributed by atoms with Gasteiger partial charge in [-0.25, -0.2) is 0 Å². The van der Waals surface area contributed by atoms with Crippen molar-refractivity contribution < 1.29 is 19.1 Å². The Morgan fingerprint density at radius 2 is 1.33 bits per heavy atom. The second kappa shape index (κ2) is 15.4. The molecule has 218 valence electrons. The molecule has 0 aliphatic carbocycles. The number of hydrogen-bond acceptors (Lipinski definition) is 7. The van der Waals surface area contributed by atoms with Gasteiger partial charge < -0.3 is 15.4 Å². The Balaban J connectivity index is 1.66. The van der Waals surface area contributed by atoms with Crippen LogP contribution in [0.15, 0.2) is 131 Å². The van der Waals surface area contributed by atoms with Crippen molar-refractivity contribution in [1.82, 2.24) is 15.5 Å². The second-order valence-electron chi connectivity index (χ2n) is 9.58. The number of nitrogens with zero attached hydrogens (tertiary/aromatic N) is 3. The van der Waals surface area contributed by atoms with Gasteiger partial charge in [0.05, 0.1) is 24.9 Å². The lowest BCUT2D eigenvalue weighted by Crippen LogP contribution is -2.29. The van der Waals surface area contributed by atoms with Crippen LogP contribution >= 0.6 is 0 Å². The lowest BCUT2D eigenvalue weighted by molar-refractivity contribution is -0.118. The van der Waals surface area contributed by atoms with E-state index in [-0.39, 0.29) is 35.9 Å². The van der Waals surface area contributed by atoms with Gasteiger partial charge in [-0.05, 0) is 35.2 Å². The number of ether oxygens (including phenoxy) is 1. The molecule has 0 heterocycles. The largest absolute Gasteiger partial charge is 0.481 e. The molecule has 9 heteroatoms. The Morgan fingerprint density at radius 1 is 0.767 bits per heavy atom. The van der Waals surface area contributed by atoms with Gasteiger partial charge in [-0.2, -0.15) is 0 Å². The molecule has 0 radical (unpaired) electrons. The Hall–Kier alpha value is -5.57. The topological polar surface area (TPSA) is 112 Å². The Morgan fingerprint density at radius 3 is 1.88 bits per heavy atom. The van der Waals surface area contributed by atoms with Crippen LogP contribution in [0.3, 0.4) is 0 Å². The van der Waals surface area contributed by atoms with E-state index in [1.807, 2.05) is 91.0 Å². The standard InChI is InChI=1S/C34H33N5O4/c1-25-13-12-20-29(30(25)34(42)39(24-40)23-28-18-10-5-11-19-28)37-38-31(32(41)35-21-26-14-6-3-7-15-26)33(43-2)36-22-27-16-8-4-9-17-27/h3-20,24,36H,21-23H2,1-2H3,(H,35,41)/b33-31-,38-37?. The van der Waals surface area contributed by atoms with Gasteiger partial charge in [0.1, 0.15) is 0 Å². The lowest BCUT2D eigenvalue weighted by atomic mass is 10.1. The molecule has 0 fully saturated rings. The van der Waals surface area contributed by atoms with Crippen molar-refractivity contribution in [3.63, 3.8) is 0 Å². The monoisotopic (exact) mass is 575 g/mol. The highest BCUT2D eigenvalue weighted by Gasteiger charge is 2.22. The fraction of sp³-hybridized carbons (Fsp3) is 0.147. The highest BCUT2D eigenvalue weighted by molar-refractivity contribution is 6.04. The van der Waals surface area contributed by atoms with Gasteiger partial charge in [0.2, 0.25) is 18.0 Å². The first-order valence-electron chi connectivity index (χ1n) is 13.7. The van der Waals surface area contributed by atoms with Crippen molar-refractivity contribution in [2.45, 2.75) is 26.6 Å². The molecule has 4 aromatic rings. The maximum atomic E-state index is 13.6. The zero-order valence-corrected chi connectivity index (χ0v) is 24.1. The number of imide groups is 1. The molecule has 0 saturated carbocycles. The number of carbonyl (C=O) groups is 3. The average molecular weight is 576 g/mol. The summed E-state index contributed by atoms with van der Waals surface area (Å²) in [5, 5.41) is 14.6. The zero-order valence-electron chi connectivity index (χ0n) is 24.1. The second-order valence-corrected chi connectivity index (χ2v) is 9.58. The van der Waals surface area contributed by atoms with Crippen LogP contribution in [-0.4, -0.2) is 30.2 Å². The van der Waals surface area contributed by atoms with Gasteiger partial charge in [0, 0.05) is 13.1 Å². The van der Waals surface area contributed by atoms with Crippen molar-refractivity contribution in [2.75, 3.05) is 7.11 Å². The third-order valence-electron chi connectivity index (χ3n) is 6.53. The van der Waals surface area contributed by atoms with E-state index in [2.05, 4.69) is 20.9 Å². The van der Waals surface area contributed by atoms with Crippen molar-refractivity contribution in [3.05, 3.63) is 149 Å². The molecule has 0 aliphatic heterocycles. The van der Waals surface area contributed by atoms with E-state index >= 15 is 0 Å². The van der Waals surface area contributed by atoms with E-state index in [4.69, 9.17) is 4.74 Å². The summed E-state index contributed by atoms with van der Waals surface area (Å²) in [6.07, 6.45) is 0.502. The van der Waals surface area contributed by atoms with E-state index in [0.29, 0.717) is 18.5 Å². The van der Waals surface area contributed by atoms with E-state index in [9.17, 15) is 14.4 Å². The predicted octanol–water partition coefficient (Wildman–Crippen LogP) is 5.80. The molecule has 0 spiro atoms. The van der Waals surface area contributed by atoms with Gasteiger partial charge in [0.15, 0.2) is 0 Å². The summed E-state index contributed by atoms with van der Waals surface area (Å²) in [6.45, 7) is 2.48. The zero-order chi connectivity index (χ0) is 30.4. The number of amides is 3. The van der Waals surface area contributed by atoms with Crippen molar-refractivity contribution in [3.8, 4) is 0 Å². The summed E-state index contributed by atoms with van der Waals surface area (Å²) < 4.78 is 5.55. The normalized spacial score (nSPS) is 11.4. The number of carbonyl (C=O) groups excluding carboxylic acids is 3. The predicted molar refractivity (Wildman–Crippen MR) is 164 cm³/mol. The third kappa shape index (κ3) is 8.46. The summed E-state index contributed by atoms with van der Waals surface area (Å²) in [7, 11) is 1.43. The number of aryl methyl sites for hydroxylation is 1. The molecular weight excluding hydrogens is 542 g/mol. The van der Waals surface area contributed by atoms with Crippen molar-refractivity contribution in [1.29, 1.82) is 0 Å². The first kappa shape index (κ1) is 30.4. The quantitative estimate of drug-likeness (QED) is 0.0906. The van der Waals surface area contributed by atoms with Crippen LogP contribution in [0, 0.1) is 6.92 Å². The number of nitrogens with one attached hydrogen (secondary N) is 2. The Bertz CT molecular complexity index is 1590. The molecular formula is C34H33N5O4. The van der Waals surface area contributed by atoms with E-state index in [0.717, 1.165) is 21.6 Å². The van der Waals surface area contributed by atoms with Crippen molar-refractivity contribution >= 4 is 23.9 Å². The molecule has 0 aliphatic rings. The van der Waals surface area contributed by atoms with E-state index < -0.39 is 11.8 Å². The van der Waals surface area contributed by atoms with Crippen LogP contribution in [0.1, 0.15) is 32.6 Å². The number of rotatable bonds is 13. The van der Waals surface area contributed by atoms with Gasteiger partial charge in [0.25, 0.3) is 11.8 Å².